The van der Waals surface area contributed by atoms with Crippen LogP contribution in [0.2, 0.25) is 5.04 Å². The molecule has 0 saturated heterocycles. The number of carbonyl (C=O) groups excluding carboxylic acids is 1. The monoisotopic (exact) mass is 436 g/mol. The summed E-state index contributed by atoms with van der Waals surface area (Å²) >= 11 is 0. The fourth-order valence-electron chi connectivity index (χ4n) is 4.93. The second kappa shape index (κ2) is 9.54. The Hall–Kier alpha value is -2.17. The molecule has 4 heteroatoms. The number of ether oxygens (including phenoxy) is 1. The Morgan fingerprint density at radius 1 is 1.03 bits per heavy atom. The van der Waals surface area contributed by atoms with E-state index in [-0.39, 0.29) is 17.1 Å². The molecule has 0 heterocycles. The number of rotatable bonds is 7. The molecule has 3 nitrogen and oxygen atoms in total. The first-order valence-electron chi connectivity index (χ1n) is 11.4. The topological polar surface area (TPSA) is 35.5 Å². The van der Waals surface area contributed by atoms with Crippen LogP contribution < -0.4 is 10.4 Å². The zero-order valence-corrected chi connectivity index (χ0v) is 20.4. The Kier molecular flexibility index (Phi) is 7.23. The van der Waals surface area contributed by atoms with E-state index in [9.17, 15) is 4.79 Å². The van der Waals surface area contributed by atoms with Crippen molar-refractivity contribution in [3.8, 4) is 0 Å². The molecule has 0 amide bonds. The molecule has 3 rings (SSSR count). The SMILES string of the molecule is C=CC1(C(=O)OCC)CCC(O[Si](c2ccccc2)(c2ccccc2)C(C)(C)C)CC1. The lowest BCUT2D eigenvalue weighted by Crippen LogP contribution is -2.68. The van der Waals surface area contributed by atoms with Crippen LogP contribution in [0.4, 0.5) is 0 Å². The van der Waals surface area contributed by atoms with Crippen LogP contribution in [-0.4, -0.2) is 27.0 Å². The Morgan fingerprint density at radius 3 is 1.90 bits per heavy atom. The second-order valence-corrected chi connectivity index (χ2v) is 13.8. The molecule has 0 bridgehead atoms. The van der Waals surface area contributed by atoms with Crippen LogP contribution in [0.1, 0.15) is 53.4 Å². The molecule has 1 saturated carbocycles. The molecule has 166 valence electrons. The Morgan fingerprint density at radius 2 is 1.52 bits per heavy atom. The normalized spacial score (nSPS) is 22.0. The van der Waals surface area contributed by atoms with Crippen molar-refractivity contribution in [2.24, 2.45) is 5.41 Å². The lowest BCUT2D eigenvalue weighted by molar-refractivity contribution is -0.155. The van der Waals surface area contributed by atoms with Crippen molar-refractivity contribution < 1.29 is 14.0 Å². The minimum Gasteiger partial charge on any atom is -0.465 e. The highest BCUT2D eigenvalue weighted by Crippen LogP contribution is 2.43. The molecule has 31 heavy (non-hydrogen) atoms. The van der Waals surface area contributed by atoms with Crippen molar-refractivity contribution in [1.82, 2.24) is 0 Å². The summed E-state index contributed by atoms with van der Waals surface area (Å²) in [6.07, 6.45) is 5.00. The van der Waals surface area contributed by atoms with Crippen molar-refractivity contribution in [2.45, 2.75) is 64.5 Å². The van der Waals surface area contributed by atoms with Gasteiger partial charge in [-0.05, 0) is 48.0 Å². The average Bonchev–Trinajstić information content (AvgIpc) is 2.78. The van der Waals surface area contributed by atoms with Gasteiger partial charge in [0.15, 0.2) is 0 Å². The van der Waals surface area contributed by atoms with E-state index in [1.807, 2.05) is 6.92 Å². The first-order valence-corrected chi connectivity index (χ1v) is 13.3. The summed E-state index contributed by atoms with van der Waals surface area (Å²) in [6.45, 7) is 13.1. The molecule has 1 aliphatic carbocycles. The van der Waals surface area contributed by atoms with Gasteiger partial charge in [-0.2, -0.15) is 0 Å². The standard InChI is InChI=1S/C27H36O3Si/c1-6-27(25(28)29-7-2)20-18-22(19-21-27)30-31(26(3,4)5,23-14-10-8-11-15-23)24-16-12-9-13-17-24/h6,8-17,22H,1,7,18-21H2,2-5H3. The molecule has 1 fully saturated rings. The number of carbonyl (C=O) groups is 1. The van der Waals surface area contributed by atoms with E-state index in [0.717, 1.165) is 25.7 Å². The molecular formula is C27H36O3Si. The predicted molar refractivity (Wildman–Crippen MR) is 130 cm³/mol. The van der Waals surface area contributed by atoms with Gasteiger partial charge in [-0.3, -0.25) is 4.79 Å². The number of benzene rings is 2. The zero-order chi connectivity index (χ0) is 22.5. The van der Waals surface area contributed by atoms with Gasteiger partial charge in [0.2, 0.25) is 0 Å². The average molecular weight is 437 g/mol. The lowest BCUT2D eigenvalue weighted by Gasteiger charge is -2.47. The van der Waals surface area contributed by atoms with Crippen LogP contribution in [0.25, 0.3) is 0 Å². The van der Waals surface area contributed by atoms with E-state index in [1.54, 1.807) is 6.08 Å². The lowest BCUT2D eigenvalue weighted by atomic mass is 9.73. The van der Waals surface area contributed by atoms with Gasteiger partial charge in [-0.25, -0.2) is 0 Å². The summed E-state index contributed by atoms with van der Waals surface area (Å²) in [4.78, 5) is 12.6. The molecule has 0 radical (unpaired) electrons. The third-order valence-electron chi connectivity index (χ3n) is 6.66. The minimum absolute atomic E-state index is 0.0518. The van der Waals surface area contributed by atoms with E-state index in [1.165, 1.54) is 10.4 Å². The largest absolute Gasteiger partial charge is 0.465 e. The van der Waals surface area contributed by atoms with Crippen molar-refractivity contribution in [3.63, 3.8) is 0 Å². The summed E-state index contributed by atoms with van der Waals surface area (Å²) in [6, 6.07) is 21.5. The first-order chi connectivity index (χ1) is 14.8. The zero-order valence-electron chi connectivity index (χ0n) is 19.4. The molecule has 1 aliphatic rings. The highest BCUT2D eigenvalue weighted by Gasteiger charge is 2.52. The molecule has 0 N–H and O–H groups in total. The number of hydrogen-bond donors (Lipinski definition) is 0. The summed E-state index contributed by atoms with van der Waals surface area (Å²) < 4.78 is 12.6. The van der Waals surface area contributed by atoms with E-state index >= 15 is 0 Å². The van der Waals surface area contributed by atoms with Gasteiger partial charge in [0.25, 0.3) is 8.32 Å². The van der Waals surface area contributed by atoms with E-state index in [2.05, 4.69) is 88.0 Å². The van der Waals surface area contributed by atoms with Crippen LogP contribution in [-0.2, 0) is 14.0 Å². The summed E-state index contributed by atoms with van der Waals surface area (Å²) in [5.41, 5.74) is -0.582. The van der Waals surface area contributed by atoms with Gasteiger partial charge < -0.3 is 9.16 Å². The molecule has 0 aromatic heterocycles. The number of esters is 1. The molecule has 0 aliphatic heterocycles. The van der Waals surface area contributed by atoms with E-state index in [0.29, 0.717) is 6.61 Å². The summed E-state index contributed by atoms with van der Waals surface area (Å²) in [5, 5.41) is 2.53. The molecule has 2 aromatic rings. The van der Waals surface area contributed by atoms with E-state index < -0.39 is 13.7 Å². The smallest absolute Gasteiger partial charge is 0.315 e. The molecule has 0 spiro atoms. The maximum Gasteiger partial charge on any atom is 0.315 e. The minimum atomic E-state index is -2.58. The van der Waals surface area contributed by atoms with Crippen molar-refractivity contribution in [3.05, 3.63) is 73.3 Å². The molecule has 0 unspecified atom stereocenters. The van der Waals surface area contributed by atoms with Gasteiger partial charge >= 0.3 is 5.97 Å². The predicted octanol–water partition coefficient (Wildman–Crippen LogP) is 5.24. The van der Waals surface area contributed by atoms with Crippen LogP contribution >= 0.6 is 0 Å². The van der Waals surface area contributed by atoms with E-state index in [4.69, 9.17) is 9.16 Å². The summed E-state index contributed by atoms with van der Waals surface area (Å²) in [5.74, 6) is -0.145. The maximum atomic E-state index is 12.6. The maximum absolute atomic E-state index is 12.6. The quantitative estimate of drug-likeness (QED) is 0.338. The number of hydrogen-bond acceptors (Lipinski definition) is 3. The molecule has 0 atom stereocenters. The summed E-state index contributed by atoms with van der Waals surface area (Å²) in [7, 11) is -2.58. The molecule has 2 aromatic carbocycles. The van der Waals surface area contributed by atoms with Gasteiger partial charge in [0.05, 0.1) is 12.0 Å². The van der Waals surface area contributed by atoms with Crippen LogP contribution in [0.3, 0.4) is 0 Å². The fourth-order valence-corrected chi connectivity index (χ4v) is 9.68. The Labute approximate surface area is 188 Å². The first kappa shape index (κ1) is 23.5. The van der Waals surface area contributed by atoms with Gasteiger partial charge in [0.1, 0.15) is 0 Å². The third kappa shape index (κ3) is 4.56. The molecular weight excluding hydrogens is 400 g/mol. The highest BCUT2D eigenvalue weighted by atomic mass is 28.4. The van der Waals surface area contributed by atoms with Gasteiger partial charge in [0, 0.05) is 6.10 Å². The third-order valence-corrected chi connectivity index (χ3v) is 11.7. The van der Waals surface area contributed by atoms with Crippen LogP contribution in [0.15, 0.2) is 73.3 Å². The van der Waals surface area contributed by atoms with Crippen LogP contribution in [0, 0.1) is 5.41 Å². The van der Waals surface area contributed by atoms with Gasteiger partial charge in [-0.1, -0.05) is 87.5 Å². The van der Waals surface area contributed by atoms with Crippen molar-refractivity contribution in [2.75, 3.05) is 6.61 Å². The van der Waals surface area contributed by atoms with Gasteiger partial charge in [-0.15, -0.1) is 6.58 Å². The second-order valence-electron chi connectivity index (χ2n) is 9.56. The fraction of sp³-hybridized carbons (Fsp3) is 0.444. The highest BCUT2D eigenvalue weighted by molar-refractivity contribution is 6.99. The van der Waals surface area contributed by atoms with Crippen LogP contribution in [0.5, 0.6) is 0 Å². The Balaban J connectivity index is 1.96. The Bertz CT molecular complexity index is 823. The van der Waals surface area contributed by atoms with Crippen molar-refractivity contribution >= 4 is 24.7 Å². The van der Waals surface area contributed by atoms with Crippen molar-refractivity contribution in [1.29, 1.82) is 0 Å².